The second kappa shape index (κ2) is 8.24. The standard InChI is InChI=1S/C17H21BrN4OS/c1-24-17(20-12-19)22-10-13-8-21(9-14(13)11-22)6-7-23-16-4-2-15(18)3-5-16/h2-5,13-14H,6-11H2,1H3/b20-17-. The number of fused-ring (bicyclic) bond motifs is 1. The van der Waals surface area contributed by atoms with Crippen molar-refractivity contribution in [2.45, 2.75) is 0 Å². The zero-order chi connectivity index (χ0) is 16.9. The molecule has 1 aromatic rings. The Morgan fingerprint density at radius 3 is 2.54 bits per heavy atom. The van der Waals surface area contributed by atoms with Crippen molar-refractivity contribution in [3.8, 4) is 11.9 Å². The van der Waals surface area contributed by atoms with Gasteiger partial charge < -0.3 is 9.64 Å². The fourth-order valence-corrected chi connectivity index (χ4v) is 4.34. The van der Waals surface area contributed by atoms with Crippen molar-refractivity contribution in [3.05, 3.63) is 28.7 Å². The SMILES string of the molecule is CS/C(=N\C#N)N1CC2CN(CCOc3ccc(Br)cc3)CC2C1. The van der Waals surface area contributed by atoms with Crippen molar-refractivity contribution in [1.29, 1.82) is 5.26 Å². The van der Waals surface area contributed by atoms with Crippen LogP contribution in [0.5, 0.6) is 5.75 Å². The van der Waals surface area contributed by atoms with Gasteiger partial charge in [-0.15, -0.1) is 4.99 Å². The summed E-state index contributed by atoms with van der Waals surface area (Å²) in [6.45, 7) is 5.92. The lowest BCUT2D eigenvalue weighted by Crippen LogP contribution is -2.33. The van der Waals surface area contributed by atoms with Crippen LogP contribution in [0, 0.1) is 23.3 Å². The Hall–Kier alpha value is -1.23. The van der Waals surface area contributed by atoms with E-state index in [4.69, 9.17) is 10.00 Å². The van der Waals surface area contributed by atoms with Crippen molar-refractivity contribution >= 4 is 32.9 Å². The largest absolute Gasteiger partial charge is 0.492 e. The molecular formula is C17H21BrN4OS. The molecule has 2 unspecified atom stereocenters. The van der Waals surface area contributed by atoms with E-state index in [2.05, 4.69) is 30.7 Å². The number of benzene rings is 1. The maximum atomic E-state index is 8.78. The molecule has 2 atom stereocenters. The van der Waals surface area contributed by atoms with Gasteiger partial charge in [-0.2, -0.15) is 5.26 Å². The molecule has 7 heteroatoms. The molecule has 0 radical (unpaired) electrons. The van der Waals surface area contributed by atoms with Gasteiger partial charge in [0.25, 0.3) is 0 Å². The minimum Gasteiger partial charge on any atom is -0.492 e. The maximum absolute atomic E-state index is 8.78. The van der Waals surface area contributed by atoms with Gasteiger partial charge in [-0.25, -0.2) is 0 Å². The Morgan fingerprint density at radius 2 is 1.96 bits per heavy atom. The first-order valence-corrected chi connectivity index (χ1v) is 10.1. The summed E-state index contributed by atoms with van der Waals surface area (Å²) in [6.07, 6.45) is 3.89. The second-order valence-electron chi connectivity index (χ2n) is 6.19. The summed E-state index contributed by atoms with van der Waals surface area (Å²) in [5.74, 6) is 2.27. The number of amidine groups is 1. The molecule has 2 aliphatic heterocycles. The van der Waals surface area contributed by atoms with Crippen molar-refractivity contribution in [2.24, 2.45) is 16.8 Å². The number of aliphatic imine (C=N–C) groups is 1. The summed E-state index contributed by atoms with van der Waals surface area (Å²) in [4.78, 5) is 8.69. The monoisotopic (exact) mass is 408 g/mol. The zero-order valence-electron chi connectivity index (χ0n) is 13.7. The highest BCUT2D eigenvalue weighted by atomic mass is 79.9. The lowest BCUT2D eigenvalue weighted by Gasteiger charge is -2.22. The van der Waals surface area contributed by atoms with E-state index in [1.54, 1.807) is 11.8 Å². The van der Waals surface area contributed by atoms with Crippen LogP contribution in [0.15, 0.2) is 33.7 Å². The molecule has 0 bridgehead atoms. The highest BCUT2D eigenvalue weighted by Crippen LogP contribution is 2.32. The molecule has 0 N–H and O–H groups in total. The third-order valence-electron chi connectivity index (χ3n) is 4.65. The maximum Gasteiger partial charge on any atom is 0.208 e. The fourth-order valence-electron chi connectivity index (χ4n) is 3.54. The number of hydrogen-bond acceptors (Lipinski definition) is 5. The molecule has 2 heterocycles. The summed E-state index contributed by atoms with van der Waals surface area (Å²) >= 11 is 4.99. The highest BCUT2D eigenvalue weighted by Gasteiger charge is 2.40. The molecule has 0 amide bonds. The first-order chi connectivity index (χ1) is 11.7. The Labute approximate surface area is 155 Å². The highest BCUT2D eigenvalue weighted by molar-refractivity contribution is 9.10. The molecule has 0 spiro atoms. The van der Waals surface area contributed by atoms with Gasteiger partial charge in [-0.1, -0.05) is 27.7 Å². The molecule has 0 saturated carbocycles. The first kappa shape index (κ1) is 17.6. The number of likely N-dealkylation sites (tertiary alicyclic amines) is 2. The van der Waals surface area contributed by atoms with Crippen LogP contribution < -0.4 is 4.74 Å². The lowest BCUT2D eigenvalue weighted by atomic mass is 10.0. The molecule has 2 fully saturated rings. The smallest absolute Gasteiger partial charge is 0.208 e. The summed E-state index contributed by atoms with van der Waals surface area (Å²) in [5, 5.41) is 9.64. The van der Waals surface area contributed by atoms with Gasteiger partial charge in [0.05, 0.1) is 0 Å². The van der Waals surface area contributed by atoms with Crippen LogP contribution >= 0.6 is 27.7 Å². The number of hydrogen-bond donors (Lipinski definition) is 0. The van der Waals surface area contributed by atoms with Crippen LogP contribution in [-0.4, -0.2) is 60.6 Å². The minimum atomic E-state index is 0.675. The summed E-state index contributed by atoms with van der Waals surface area (Å²) in [5.41, 5.74) is 0. The van der Waals surface area contributed by atoms with Crippen LogP contribution in [0.1, 0.15) is 0 Å². The lowest BCUT2D eigenvalue weighted by molar-refractivity contribution is 0.223. The third kappa shape index (κ3) is 4.24. The van der Waals surface area contributed by atoms with E-state index in [1.165, 1.54) is 0 Å². The number of halogens is 1. The van der Waals surface area contributed by atoms with Crippen molar-refractivity contribution in [2.75, 3.05) is 45.6 Å². The van der Waals surface area contributed by atoms with Gasteiger partial charge in [0, 0.05) is 37.2 Å². The fraction of sp³-hybridized carbons (Fsp3) is 0.529. The van der Waals surface area contributed by atoms with E-state index in [1.807, 2.05) is 36.7 Å². The summed E-state index contributed by atoms with van der Waals surface area (Å²) in [6, 6.07) is 7.96. The molecular weight excluding hydrogens is 388 g/mol. The van der Waals surface area contributed by atoms with Crippen molar-refractivity contribution in [3.63, 3.8) is 0 Å². The molecule has 2 saturated heterocycles. The van der Waals surface area contributed by atoms with Crippen LogP contribution in [0.2, 0.25) is 0 Å². The van der Waals surface area contributed by atoms with E-state index in [0.717, 1.165) is 54.7 Å². The zero-order valence-corrected chi connectivity index (χ0v) is 16.1. The third-order valence-corrected chi connectivity index (χ3v) is 5.89. The molecule has 0 aliphatic carbocycles. The van der Waals surface area contributed by atoms with Gasteiger partial charge >= 0.3 is 0 Å². The number of nitrogens with zero attached hydrogens (tertiary/aromatic N) is 4. The summed E-state index contributed by atoms with van der Waals surface area (Å²) in [7, 11) is 0. The quantitative estimate of drug-likeness (QED) is 0.435. The number of ether oxygens (including phenoxy) is 1. The van der Waals surface area contributed by atoms with Crippen molar-refractivity contribution < 1.29 is 4.74 Å². The molecule has 1 aromatic carbocycles. The average Bonchev–Trinajstić information content (AvgIpc) is 3.13. The Balaban J connectivity index is 1.43. The minimum absolute atomic E-state index is 0.675. The topological polar surface area (TPSA) is 51.9 Å². The van der Waals surface area contributed by atoms with Gasteiger partial charge in [0.15, 0.2) is 5.17 Å². The Morgan fingerprint density at radius 1 is 1.29 bits per heavy atom. The van der Waals surface area contributed by atoms with E-state index < -0.39 is 0 Å². The molecule has 3 rings (SSSR count). The van der Waals surface area contributed by atoms with Gasteiger partial charge in [-0.05, 0) is 42.4 Å². The molecule has 24 heavy (non-hydrogen) atoms. The van der Waals surface area contributed by atoms with Gasteiger partial charge in [0.2, 0.25) is 6.19 Å². The van der Waals surface area contributed by atoms with Crippen LogP contribution in [-0.2, 0) is 0 Å². The average molecular weight is 409 g/mol. The second-order valence-corrected chi connectivity index (χ2v) is 7.87. The number of rotatable bonds is 4. The molecule has 128 valence electrons. The van der Waals surface area contributed by atoms with E-state index in [-0.39, 0.29) is 0 Å². The Kier molecular flexibility index (Phi) is 6.04. The summed E-state index contributed by atoms with van der Waals surface area (Å²) < 4.78 is 6.89. The van der Waals surface area contributed by atoms with Crippen LogP contribution in [0.3, 0.4) is 0 Å². The predicted octanol–water partition coefficient (Wildman–Crippen LogP) is 2.89. The first-order valence-electron chi connectivity index (χ1n) is 8.06. The molecule has 2 aliphatic rings. The van der Waals surface area contributed by atoms with Crippen LogP contribution in [0.25, 0.3) is 0 Å². The predicted molar refractivity (Wildman–Crippen MR) is 101 cm³/mol. The van der Waals surface area contributed by atoms with Crippen molar-refractivity contribution in [1.82, 2.24) is 9.80 Å². The molecule has 5 nitrogen and oxygen atoms in total. The number of thioether (sulfide) groups is 1. The molecule has 0 aromatic heterocycles. The number of nitriles is 1. The van der Waals surface area contributed by atoms with E-state index >= 15 is 0 Å². The van der Waals surface area contributed by atoms with Crippen LogP contribution in [0.4, 0.5) is 0 Å². The normalized spacial score (nSPS) is 24.0. The van der Waals surface area contributed by atoms with Gasteiger partial charge in [0.1, 0.15) is 12.4 Å². The van der Waals surface area contributed by atoms with E-state index in [0.29, 0.717) is 11.8 Å². The Bertz CT molecular complexity index is 616. The van der Waals surface area contributed by atoms with E-state index in [9.17, 15) is 0 Å². The van der Waals surface area contributed by atoms with Gasteiger partial charge in [-0.3, -0.25) is 4.90 Å².